The number of nitrogens with one attached hydrogen (secondary N) is 2. The summed E-state index contributed by atoms with van der Waals surface area (Å²) in [6.07, 6.45) is 11.4. The number of rotatable bonds is 10. The van der Waals surface area contributed by atoms with E-state index < -0.39 is 0 Å². The number of aromatic nitrogens is 4. The molecule has 0 fully saturated rings. The van der Waals surface area contributed by atoms with E-state index in [-0.39, 0.29) is 6.17 Å². The molecule has 5 heterocycles. The van der Waals surface area contributed by atoms with Crippen molar-refractivity contribution < 1.29 is 18.3 Å². The van der Waals surface area contributed by atoms with Crippen LogP contribution in [-0.4, -0.2) is 69.8 Å². The van der Waals surface area contributed by atoms with Crippen LogP contribution in [0.2, 0.25) is 5.02 Å². The van der Waals surface area contributed by atoms with E-state index in [9.17, 15) is 0 Å². The van der Waals surface area contributed by atoms with Crippen molar-refractivity contribution in [1.29, 1.82) is 0 Å². The Morgan fingerprint density at radius 2 is 1.60 bits per heavy atom. The highest BCUT2D eigenvalue weighted by Gasteiger charge is 2.27. The largest absolute Gasteiger partial charge is 0.497 e. The van der Waals surface area contributed by atoms with Crippen LogP contribution < -0.4 is 20.1 Å². The second kappa shape index (κ2) is 14.0. The van der Waals surface area contributed by atoms with Crippen molar-refractivity contribution in [2.45, 2.75) is 44.9 Å². The van der Waals surface area contributed by atoms with Crippen molar-refractivity contribution in [3.8, 4) is 11.5 Å². The molecule has 0 saturated heterocycles. The van der Waals surface area contributed by atoms with E-state index in [0.717, 1.165) is 62.0 Å². The highest BCUT2D eigenvalue weighted by atomic mass is 35.5. The number of halogens is 1. The van der Waals surface area contributed by atoms with Crippen molar-refractivity contribution in [1.82, 2.24) is 29.7 Å². The molecule has 0 spiro atoms. The predicted octanol–water partition coefficient (Wildman–Crippen LogP) is 5.51. The number of hydrogen-bond donors (Lipinski definition) is 2. The van der Waals surface area contributed by atoms with Gasteiger partial charge in [0.1, 0.15) is 29.0 Å². The number of anilines is 3. The molecule has 2 aliphatic rings. The zero-order chi connectivity index (χ0) is 32.2. The van der Waals surface area contributed by atoms with Crippen LogP contribution in [0.5, 0.6) is 11.5 Å². The number of ether oxygens (including phenoxy) is 2. The maximum absolute atomic E-state index is 6.71. The maximum atomic E-state index is 6.71. The maximum Gasteiger partial charge on any atom is 0.229 e. The molecular formula is C34H37ClN8O4. The van der Waals surface area contributed by atoms with Crippen molar-refractivity contribution in [3.63, 3.8) is 0 Å². The molecule has 12 nitrogen and oxygen atoms in total. The van der Waals surface area contributed by atoms with Crippen LogP contribution in [0.4, 0.5) is 17.5 Å². The number of methoxy groups -OCH3 is 2. The third kappa shape index (κ3) is 7.19. The first-order chi connectivity index (χ1) is 23.0. The summed E-state index contributed by atoms with van der Waals surface area (Å²) in [7, 11) is 3.36. The van der Waals surface area contributed by atoms with Gasteiger partial charge >= 0.3 is 0 Å². The molecular weight excluding hydrogens is 620 g/mol. The zero-order valence-corrected chi connectivity index (χ0v) is 27.2. The topological polar surface area (TPSA) is 127 Å². The van der Waals surface area contributed by atoms with Gasteiger partial charge in [-0.3, -0.25) is 9.80 Å². The lowest BCUT2D eigenvalue weighted by Crippen LogP contribution is -2.42. The fourth-order valence-electron chi connectivity index (χ4n) is 6.31. The summed E-state index contributed by atoms with van der Waals surface area (Å²) in [4.78, 5) is 22.7. The third-order valence-electron chi connectivity index (χ3n) is 8.81. The van der Waals surface area contributed by atoms with Gasteiger partial charge in [0, 0.05) is 26.1 Å². The van der Waals surface area contributed by atoms with E-state index >= 15 is 0 Å². The number of benzene rings is 2. The monoisotopic (exact) mass is 656 g/mol. The second-order valence-corrected chi connectivity index (χ2v) is 12.1. The van der Waals surface area contributed by atoms with Gasteiger partial charge in [-0.1, -0.05) is 17.7 Å². The smallest absolute Gasteiger partial charge is 0.229 e. The molecule has 5 aromatic rings. The lowest BCUT2D eigenvalue weighted by molar-refractivity contribution is 0.193. The fourth-order valence-corrected chi connectivity index (χ4v) is 6.46. The standard InChI is InChI=1S/C34H37ClN8O4/c1-44-26-4-3-22-7-12-43(21-32-37-9-14-47-32)30(18-25(22)15-26)40-33-27(35)19-38-34(41-33)39-28-16-23-5-10-42(20-31-36-8-13-46-31)11-6-24(23)17-29(28)45-2/h3-4,8-9,13-17,19,30H,5-7,10-12,18,20-21H2,1-2H3,(H2,38,39,40,41). The second-order valence-electron chi connectivity index (χ2n) is 11.7. The van der Waals surface area contributed by atoms with Crippen LogP contribution in [0, 0.1) is 0 Å². The van der Waals surface area contributed by atoms with Gasteiger partial charge < -0.3 is 28.9 Å². The lowest BCUT2D eigenvalue weighted by atomic mass is 10.0. The first-order valence-corrected chi connectivity index (χ1v) is 16.1. The summed E-state index contributed by atoms with van der Waals surface area (Å²) in [6.45, 7) is 3.81. The van der Waals surface area contributed by atoms with Crippen LogP contribution in [0.1, 0.15) is 34.0 Å². The van der Waals surface area contributed by atoms with Gasteiger partial charge in [0.2, 0.25) is 17.7 Å². The van der Waals surface area contributed by atoms with Crippen LogP contribution in [0.3, 0.4) is 0 Å². The minimum atomic E-state index is -0.156. The Labute approximate surface area is 278 Å². The molecule has 0 bridgehead atoms. The highest BCUT2D eigenvalue weighted by molar-refractivity contribution is 6.32. The number of oxazole rings is 2. The Kier molecular flexibility index (Phi) is 9.23. The number of fused-ring (bicyclic) bond motifs is 2. The van der Waals surface area contributed by atoms with Crippen LogP contribution in [0.25, 0.3) is 0 Å². The van der Waals surface area contributed by atoms with E-state index in [4.69, 9.17) is 34.9 Å². The molecule has 47 heavy (non-hydrogen) atoms. The predicted molar refractivity (Wildman–Crippen MR) is 177 cm³/mol. The average Bonchev–Trinajstić information content (AvgIpc) is 3.73. The summed E-state index contributed by atoms with van der Waals surface area (Å²) in [5.74, 6) is 3.86. The number of hydrogen-bond acceptors (Lipinski definition) is 12. The molecule has 0 aliphatic carbocycles. The van der Waals surface area contributed by atoms with Crippen LogP contribution in [-0.2, 0) is 38.8 Å². The molecule has 2 N–H and O–H groups in total. The average molecular weight is 657 g/mol. The van der Waals surface area contributed by atoms with E-state index in [1.54, 1.807) is 45.3 Å². The molecule has 1 unspecified atom stereocenters. The Bertz CT molecular complexity index is 1800. The summed E-state index contributed by atoms with van der Waals surface area (Å²) >= 11 is 6.71. The summed E-state index contributed by atoms with van der Waals surface area (Å²) in [5.41, 5.74) is 5.79. The van der Waals surface area contributed by atoms with Gasteiger partial charge in [0.25, 0.3) is 0 Å². The van der Waals surface area contributed by atoms with E-state index in [1.807, 2.05) is 6.07 Å². The molecule has 3 aromatic heterocycles. The third-order valence-corrected chi connectivity index (χ3v) is 9.09. The first-order valence-electron chi connectivity index (χ1n) is 15.7. The molecule has 7 rings (SSSR count). The van der Waals surface area contributed by atoms with Crippen molar-refractivity contribution in [2.24, 2.45) is 0 Å². The Morgan fingerprint density at radius 1 is 0.851 bits per heavy atom. The van der Waals surface area contributed by atoms with Crippen LogP contribution >= 0.6 is 11.6 Å². The van der Waals surface area contributed by atoms with Crippen molar-refractivity contribution >= 4 is 29.1 Å². The van der Waals surface area contributed by atoms with Gasteiger partial charge in [0.05, 0.1) is 57.8 Å². The molecule has 0 saturated carbocycles. The van der Waals surface area contributed by atoms with Crippen molar-refractivity contribution in [3.05, 3.63) is 101 Å². The van der Waals surface area contributed by atoms with Crippen LogP contribution in [0.15, 0.2) is 70.3 Å². The molecule has 244 valence electrons. The normalized spacial score (nSPS) is 16.9. The highest BCUT2D eigenvalue weighted by Crippen LogP contribution is 2.34. The van der Waals surface area contributed by atoms with E-state index in [2.05, 4.69) is 59.7 Å². The molecule has 0 radical (unpaired) electrons. The SMILES string of the molecule is COc1ccc2c(c1)CC(Nc1nc(Nc3cc4c(cc3OC)CCN(Cc3ncco3)CC4)ncc1Cl)N(Cc1ncco1)CC2. The van der Waals surface area contributed by atoms with Gasteiger partial charge in [0.15, 0.2) is 5.82 Å². The van der Waals surface area contributed by atoms with Gasteiger partial charge in [-0.15, -0.1) is 0 Å². The Hall–Kier alpha value is -4.65. The summed E-state index contributed by atoms with van der Waals surface area (Å²) in [5, 5.41) is 7.42. The quantitative estimate of drug-likeness (QED) is 0.197. The minimum absolute atomic E-state index is 0.156. The van der Waals surface area contributed by atoms with Gasteiger partial charge in [-0.2, -0.15) is 4.98 Å². The summed E-state index contributed by atoms with van der Waals surface area (Å²) in [6, 6.07) is 10.5. The number of nitrogens with zero attached hydrogens (tertiary/aromatic N) is 6. The minimum Gasteiger partial charge on any atom is -0.497 e. The molecule has 2 aliphatic heterocycles. The lowest BCUT2D eigenvalue weighted by Gasteiger charge is -2.30. The summed E-state index contributed by atoms with van der Waals surface area (Å²) < 4.78 is 22.4. The first kappa shape index (κ1) is 31.0. The zero-order valence-electron chi connectivity index (χ0n) is 26.4. The van der Waals surface area contributed by atoms with Crippen molar-refractivity contribution in [2.75, 3.05) is 44.5 Å². The molecule has 13 heteroatoms. The Balaban J connectivity index is 1.12. The van der Waals surface area contributed by atoms with Gasteiger partial charge in [-0.05, 0) is 65.8 Å². The van der Waals surface area contributed by atoms with E-state index in [1.165, 1.54) is 22.3 Å². The molecule has 2 aromatic carbocycles. The Morgan fingerprint density at radius 3 is 2.32 bits per heavy atom. The van der Waals surface area contributed by atoms with Gasteiger partial charge in [-0.25, -0.2) is 15.0 Å². The molecule has 0 amide bonds. The van der Waals surface area contributed by atoms with E-state index in [0.29, 0.717) is 42.2 Å². The molecule has 1 atom stereocenters. The fraction of sp³-hybridized carbons (Fsp3) is 0.353.